The summed E-state index contributed by atoms with van der Waals surface area (Å²) in [5, 5.41) is 17.8. The van der Waals surface area contributed by atoms with Gasteiger partial charge in [-0.1, -0.05) is 48.5 Å². The predicted molar refractivity (Wildman–Crippen MR) is 105 cm³/mol. The zero-order valence-electron chi connectivity index (χ0n) is 14.9. The zero-order chi connectivity index (χ0) is 19.1. The number of fused-ring (bicyclic) bond motifs is 3. The Balaban J connectivity index is 1.57. The second-order valence-electron chi connectivity index (χ2n) is 6.87. The SMILES string of the molecule is O=[N+]([O-])c1ccc([C@H]2Oc3ccccc3[C@H]3CC(c4ccccc4)=NN32)cc1. The van der Waals surface area contributed by atoms with Crippen LogP contribution in [0.4, 0.5) is 5.69 Å². The van der Waals surface area contributed by atoms with Crippen LogP contribution >= 0.6 is 0 Å². The highest BCUT2D eigenvalue weighted by Crippen LogP contribution is 2.47. The molecule has 0 aromatic heterocycles. The minimum atomic E-state index is -0.429. The molecule has 2 atom stereocenters. The molecule has 0 unspecified atom stereocenters. The van der Waals surface area contributed by atoms with Crippen LogP contribution in [-0.4, -0.2) is 15.6 Å². The predicted octanol–water partition coefficient (Wildman–Crippen LogP) is 4.84. The van der Waals surface area contributed by atoms with Crippen molar-refractivity contribution in [2.45, 2.75) is 18.7 Å². The van der Waals surface area contributed by atoms with Gasteiger partial charge in [0.15, 0.2) is 0 Å². The van der Waals surface area contributed by atoms with Crippen molar-refractivity contribution < 1.29 is 9.66 Å². The molecule has 0 N–H and O–H groups in total. The molecule has 0 saturated carbocycles. The third kappa shape index (κ3) is 2.70. The Morgan fingerprint density at radius 3 is 2.43 bits per heavy atom. The van der Waals surface area contributed by atoms with E-state index in [1.165, 1.54) is 12.1 Å². The number of hydrogen-bond donors (Lipinski definition) is 0. The summed E-state index contributed by atoms with van der Waals surface area (Å²) >= 11 is 0. The van der Waals surface area contributed by atoms with Crippen LogP contribution in [-0.2, 0) is 0 Å². The van der Waals surface area contributed by atoms with Gasteiger partial charge in [0.2, 0.25) is 6.23 Å². The maximum absolute atomic E-state index is 11.0. The first-order valence-corrected chi connectivity index (χ1v) is 9.12. The average Bonchev–Trinajstić information content (AvgIpc) is 3.20. The molecule has 0 aliphatic carbocycles. The van der Waals surface area contributed by atoms with E-state index in [9.17, 15) is 10.1 Å². The molecule has 6 heteroatoms. The van der Waals surface area contributed by atoms with E-state index in [1.807, 2.05) is 41.4 Å². The van der Waals surface area contributed by atoms with Crippen molar-refractivity contribution in [3.8, 4) is 5.75 Å². The number of hydrazone groups is 1. The molecular weight excluding hydrogens is 354 g/mol. The van der Waals surface area contributed by atoms with Crippen LogP contribution in [0.25, 0.3) is 0 Å². The first-order chi connectivity index (χ1) is 13.7. The molecule has 0 saturated heterocycles. The van der Waals surface area contributed by atoms with Gasteiger partial charge in [-0.25, -0.2) is 5.01 Å². The van der Waals surface area contributed by atoms with Crippen LogP contribution in [0, 0.1) is 10.1 Å². The Morgan fingerprint density at radius 2 is 1.68 bits per heavy atom. The van der Waals surface area contributed by atoms with Crippen LogP contribution in [0.3, 0.4) is 0 Å². The highest BCUT2D eigenvalue weighted by Gasteiger charge is 2.40. The third-order valence-electron chi connectivity index (χ3n) is 5.20. The average molecular weight is 371 g/mol. The fourth-order valence-corrected chi connectivity index (χ4v) is 3.82. The molecule has 3 aromatic carbocycles. The quantitative estimate of drug-likeness (QED) is 0.488. The van der Waals surface area contributed by atoms with Crippen molar-refractivity contribution in [3.63, 3.8) is 0 Å². The summed E-state index contributed by atoms with van der Waals surface area (Å²) in [6, 6.07) is 24.7. The van der Waals surface area contributed by atoms with Gasteiger partial charge in [0.1, 0.15) is 5.75 Å². The monoisotopic (exact) mass is 371 g/mol. The normalized spacial score (nSPS) is 20.0. The van der Waals surface area contributed by atoms with E-state index in [-0.39, 0.29) is 11.7 Å². The number of hydrogen-bond acceptors (Lipinski definition) is 5. The van der Waals surface area contributed by atoms with Gasteiger partial charge in [0.05, 0.1) is 16.7 Å². The Bertz CT molecular complexity index is 1060. The van der Waals surface area contributed by atoms with Gasteiger partial charge in [-0.3, -0.25) is 10.1 Å². The minimum Gasteiger partial charge on any atom is -0.464 e. The maximum atomic E-state index is 11.0. The first kappa shape index (κ1) is 16.5. The molecule has 6 nitrogen and oxygen atoms in total. The molecular formula is C22H17N3O3. The van der Waals surface area contributed by atoms with Crippen molar-refractivity contribution in [2.75, 3.05) is 0 Å². The summed E-state index contributed by atoms with van der Waals surface area (Å²) in [4.78, 5) is 10.6. The smallest absolute Gasteiger partial charge is 0.269 e. The Morgan fingerprint density at radius 1 is 0.964 bits per heavy atom. The molecule has 0 fully saturated rings. The van der Waals surface area contributed by atoms with Crippen LogP contribution in [0.1, 0.15) is 35.4 Å². The van der Waals surface area contributed by atoms with Gasteiger partial charge < -0.3 is 4.74 Å². The van der Waals surface area contributed by atoms with E-state index in [1.54, 1.807) is 12.1 Å². The van der Waals surface area contributed by atoms with Gasteiger partial charge in [-0.05, 0) is 23.8 Å². The van der Waals surface area contributed by atoms with Gasteiger partial charge in [0.25, 0.3) is 5.69 Å². The van der Waals surface area contributed by atoms with Crippen molar-refractivity contribution >= 4 is 11.4 Å². The number of nitro benzene ring substituents is 1. The van der Waals surface area contributed by atoms with Crippen LogP contribution in [0.5, 0.6) is 5.75 Å². The van der Waals surface area contributed by atoms with Crippen molar-refractivity contribution in [1.29, 1.82) is 0 Å². The fourth-order valence-electron chi connectivity index (χ4n) is 3.82. The number of nitrogens with zero attached hydrogens (tertiary/aromatic N) is 3. The summed E-state index contributed by atoms with van der Waals surface area (Å²) in [5.74, 6) is 0.830. The maximum Gasteiger partial charge on any atom is 0.269 e. The van der Waals surface area contributed by atoms with E-state index >= 15 is 0 Å². The summed E-state index contributed by atoms with van der Waals surface area (Å²) in [6.07, 6.45) is 0.357. The topological polar surface area (TPSA) is 68.0 Å². The van der Waals surface area contributed by atoms with E-state index in [2.05, 4.69) is 18.2 Å². The van der Waals surface area contributed by atoms with E-state index < -0.39 is 11.2 Å². The van der Waals surface area contributed by atoms with E-state index in [0.29, 0.717) is 0 Å². The third-order valence-corrected chi connectivity index (χ3v) is 5.20. The summed E-state index contributed by atoms with van der Waals surface area (Å²) in [7, 11) is 0. The van der Waals surface area contributed by atoms with Gasteiger partial charge in [-0.15, -0.1) is 0 Å². The van der Waals surface area contributed by atoms with Crippen molar-refractivity contribution in [2.24, 2.45) is 5.10 Å². The molecule has 0 radical (unpaired) electrons. The zero-order valence-corrected chi connectivity index (χ0v) is 14.9. The largest absolute Gasteiger partial charge is 0.464 e. The van der Waals surface area contributed by atoms with Crippen LogP contribution in [0.15, 0.2) is 84.0 Å². The van der Waals surface area contributed by atoms with Crippen molar-refractivity contribution in [3.05, 3.63) is 106 Å². The molecule has 28 heavy (non-hydrogen) atoms. The second kappa shape index (κ2) is 6.49. The summed E-state index contributed by atoms with van der Waals surface area (Å²) in [5.41, 5.74) is 4.11. The Kier molecular flexibility index (Phi) is 3.83. The van der Waals surface area contributed by atoms with Crippen LogP contribution < -0.4 is 4.74 Å². The fraction of sp³-hybridized carbons (Fsp3) is 0.136. The number of benzene rings is 3. The second-order valence-corrected chi connectivity index (χ2v) is 6.87. The van der Waals surface area contributed by atoms with Gasteiger partial charge in [-0.2, -0.15) is 5.10 Å². The minimum absolute atomic E-state index is 0.0615. The number of non-ortho nitro benzene ring substituents is 1. The Labute approximate surface area is 161 Å². The molecule has 2 aliphatic rings. The molecule has 0 spiro atoms. The molecule has 0 amide bonds. The van der Waals surface area contributed by atoms with Gasteiger partial charge >= 0.3 is 0 Å². The highest BCUT2D eigenvalue weighted by molar-refractivity contribution is 6.01. The van der Waals surface area contributed by atoms with Crippen molar-refractivity contribution in [1.82, 2.24) is 5.01 Å². The first-order valence-electron chi connectivity index (χ1n) is 9.12. The highest BCUT2D eigenvalue weighted by atomic mass is 16.6. The molecule has 3 aromatic rings. The lowest BCUT2D eigenvalue weighted by atomic mass is 9.96. The van der Waals surface area contributed by atoms with Gasteiger partial charge in [0, 0.05) is 29.7 Å². The number of rotatable bonds is 3. The lowest BCUT2D eigenvalue weighted by Crippen LogP contribution is -2.33. The molecule has 138 valence electrons. The molecule has 2 aliphatic heterocycles. The van der Waals surface area contributed by atoms with E-state index in [0.717, 1.165) is 34.6 Å². The lowest BCUT2D eigenvalue weighted by Gasteiger charge is -2.38. The number of para-hydroxylation sites is 1. The Hall–Kier alpha value is -3.67. The summed E-state index contributed by atoms with van der Waals surface area (Å²) < 4.78 is 6.27. The number of nitro groups is 1. The molecule has 5 rings (SSSR count). The van der Waals surface area contributed by atoms with Crippen LogP contribution in [0.2, 0.25) is 0 Å². The molecule has 0 bridgehead atoms. The number of ether oxygens (including phenoxy) is 1. The van der Waals surface area contributed by atoms with E-state index in [4.69, 9.17) is 9.84 Å². The lowest BCUT2D eigenvalue weighted by molar-refractivity contribution is -0.384. The summed E-state index contributed by atoms with van der Waals surface area (Å²) in [6.45, 7) is 0. The standard InChI is InChI=1S/C22H17N3O3/c26-25(27)17-12-10-16(11-13-17)22-24-20(18-8-4-5-9-21(18)28-22)14-19(23-24)15-6-2-1-3-7-15/h1-13,20,22H,14H2/t20-,22-/m1/s1. The molecule has 2 heterocycles.